The molecule has 0 radical (unpaired) electrons. The van der Waals surface area contributed by atoms with Gasteiger partial charge in [0.25, 0.3) is 0 Å². The van der Waals surface area contributed by atoms with Crippen LogP contribution in [0.4, 0.5) is 0 Å². The second-order valence-corrected chi connectivity index (χ2v) is 5.26. The molecular weight excluding hydrogens is 298 g/mol. The van der Waals surface area contributed by atoms with Gasteiger partial charge in [0.2, 0.25) is 5.91 Å². The van der Waals surface area contributed by atoms with E-state index in [0.717, 1.165) is 11.5 Å². The van der Waals surface area contributed by atoms with Crippen molar-refractivity contribution in [1.29, 1.82) is 0 Å². The summed E-state index contributed by atoms with van der Waals surface area (Å²) < 4.78 is 10.1. The SMILES string of the molecule is CCNC(=NCC(=O)NCCOC)NCc1cc(C(C)C)no1. The molecule has 23 heavy (non-hydrogen) atoms. The second kappa shape index (κ2) is 10.6. The Labute approximate surface area is 137 Å². The maximum Gasteiger partial charge on any atom is 0.241 e. The van der Waals surface area contributed by atoms with Crippen molar-refractivity contribution in [3.8, 4) is 0 Å². The molecular formula is C15H27N5O3. The van der Waals surface area contributed by atoms with E-state index in [1.54, 1.807) is 7.11 Å². The molecule has 0 fully saturated rings. The van der Waals surface area contributed by atoms with Gasteiger partial charge in [0.05, 0.1) is 18.8 Å². The van der Waals surface area contributed by atoms with Gasteiger partial charge in [-0.15, -0.1) is 0 Å². The number of nitrogens with one attached hydrogen (secondary N) is 3. The molecule has 8 nitrogen and oxygen atoms in total. The van der Waals surface area contributed by atoms with Crippen LogP contribution in [0.25, 0.3) is 0 Å². The van der Waals surface area contributed by atoms with E-state index in [-0.39, 0.29) is 12.5 Å². The summed E-state index contributed by atoms with van der Waals surface area (Å²) in [5.41, 5.74) is 0.918. The zero-order valence-corrected chi connectivity index (χ0v) is 14.3. The Hall–Kier alpha value is -2.09. The third-order valence-corrected chi connectivity index (χ3v) is 2.95. The standard InChI is InChI=1S/C15H27N5O3/c1-5-16-15(19-10-14(21)17-6-7-22-4)18-9-12-8-13(11(2)3)20-23-12/h8,11H,5-7,9-10H2,1-4H3,(H,17,21)(H2,16,18,19). The maximum atomic E-state index is 11.6. The normalized spacial score (nSPS) is 11.6. The topological polar surface area (TPSA) is 101 Å². The van der Waals surface area contributed by atoms with Crippen LogP contribution in [0.3, 0.4) is 0 Å². The van der Waals surface area contributed by atoms with Crippen LogP contribution in [-0.4, -0.2) is 50.4 Å². The molecule has 0 unspecified atom stereocenters. The highest BCUT2D eigenvalue weighted by molar-refractivity contribution is 5.84. The first kappa shape index (κ1) is 19.0. The van der Waals surface area contributed by atoms with Crippen LogP contribution in [0, 0.1) is 0 Å². The number of ether oxygens (including phenoxy) is 1. The van der Waals surface area contributed by atoms with Gasteiger partial charge >= 0.3 is 0 Å². The van der Waals surface area contributed by atoms with Gasteiger partial charge in [-0.1, -0.05) is 19.0 Å². The molecule has 0 saturated carbocycles. The van der Waals surface area contributed by atoms with E-state index < -0.39 is 0 Å². The smallest absolute Gasteiger partial charge is 0.241 e. The molecule has 0 bridgehead atoms. The average Bonchev–Trinajstić information content (AvgIpc) is 2.99. The molecule has 0 aromatic carbocycles. The number of hydrogen-bond acceptors (Lipinski definition) is 5. The summed E-state index contributed by atoms with van der Waals surface area (Å²) in [5.74, 6) is 1.45. The van der Waals surface area contributed by atoms with E-state index in [1.165, 1.54) is 0 Å². The van der Waals surface area contributed by atoms with Crippen molar-refractivity contribution in [2.45, 2.75) is 33.2 Å². The average molecular weight is 325 g/mol. The lowest BCUT2D eigenvalue weighted by atomic mass is 10.1. The monoisotopic (exact) mass is 325 g/mol. The fourth-order valence-electron chi connectivity index (χ4n) is 1.70. The van der Waals surface area contributed by atoms with Gasteiger partial charge in [-0.05, 0) is 12.8 Å². The minimum absolute atomic E-state index is 0.0483. The molecule has 0 saturated heterocycles. The molecule has 0 aliphatic carbocycles. The molecule has 1 heterocycles. The van der Waals surface area contributed by atoms with Gasteiger partial charge in [0.1, 0.15) is 6.54 Å². The molecule has 0 atom stereocenters. The van der Waals surface area contributed by atoms with Crippen LogP contribution < -0.4 is 16.0 Å². The number of nitrogens with zero attached hydrogens (tertiary/aromatic N) is 2. The van der Waals surface area contributed by atoms with Gasteiger partial charge < -0.3 is 25.2 Å². The van der Waals surface area contributed by atoms with Gasteiger partial charge in [-0.2, -0.15) is 0 Å². The predicted molar refractivity (Wildman–Crippen MR) is 88.3 cm³/mol. The Kier molecular flexibility index (Phi) is 8.74. The van der Waals surface area contributed by atoms with Crippen molar-refractivity contribution in [2.75, 3.05) is 33.4 Å². The lowest BCUT2D eigenvalue weighted by Gasteiger charge is -2.09. The third kappa shape index (κ3) is 7.64. The number of guanidine groups is 1. The molecule has 0 aliphatic heterocycles. The summed E-state index contributed by atoms with van der Waals surface area (Å²) in [4.78, 5) is 15.8. The van der Waals surface area contributed by atoms with Crippen molar-refractivity contribution in [3.63, 3.8) is 0 Å². The van der Waals surface area contributed by atoms with Gasteiger partial charge in [-0.25, -0.2) is 4.99 Å². The largest absolute Gasteiger partial charge is 0.383 e. The highest BCUT2D eigenvalue weighted by Crippen LogP contribution is 2.13. The zero-order valence-electron chi connectivity index (χ0n) is 14.3. The van der Waals surface area contributed by atoms with Crippen LogP contribution in [0.5, 0.6) is 0 Å². The summed E-state index contributed by atoms with van der Waals surface area (Å²) in [6.07, 6.45) is 0. The fraction of sp³-hybridized carbons (Fsp3) is 0.667. The highest BCUT2D eigenvalue weighted by atomic mass is 16.5. The number of aliphatic imine (C=N–C) groups is 1. The van der Waals surface area contributed by atoms with Crippen molar-refractivity contribution in [1.82, 2.24) is 21.1 Å². The molecule has 1 rings (SSSR count). The van der Waals surface area contributed by atoms with E-state index in [1.807, 2.05) is 13.0 Å². The van der Waals surface area contributed by atoms with Crippen LogP contribution >= 0.6 is 0 Å². The van der Waals surface area contributed by atoms with E-state index in [4.69, 9.17) is 9.26 Å². The number of methoxy groups -OCH3 is 1. The fourth-order valence-corrected chi connectivity index (χ4v) is 1.70. The first-order chi connectivity index (χ1) is 11.1. The van der Waals surface area contributed by atoms with E-state index in [9.17, 15) is 4.79 Å². The molecule has 1 amide bonds. The highest BCUT2D eigenvalue weighted by Gasteiger charge is 2.08. The molecule has 1 aromatic rings. The first-order valence-corrected chi connectivity index (χ1v) is 7.80. The Morgan fingerprint density at radius 1 is 1.39 bits per heavy atom. The molecule has 0 aliphatic rings. The number of carbonyl (C=O) groups is 1. The van der Waals surface area contributed by atoms with Crippen molar-refractivity contribution >= 4 is 11.9 Å². The summed E-state index contributed by atoms with van der Waals surface area (Å²) in [6.45, 7) is 8.24. The Balaban J connectivity index is 2.46. The van der Waals surface area contributed by atoms with Crippen molar-refractivity contribution in [3.05, 3.63) is 17.5 Å². The summed E-state index contributed by atoms with van der Waals surface area (Å²) in [5, 5.41) is 12.9. The first-order valence-electron chi connectivity index (χ1n) is 7.80. The van der Waals surface area contributed by atoms with Crippen molar-refractivity contribution < 1.29 is 14.1 Å². The van der Waals surface area contributed by atoms with E-state index in [2.05, 4.69) is 39.9 Å². The third-order valence-electron chi connectivity index (χ3n) is 2.95. The van der Waals surface area contributed by atoms with Crippen LogP contribution in [-0.2, 0) is 16.1 Å². The number of aromatic nitrogens is 1. The second-order valence-electron chi connectivity index (χ2n) is 5.26. The minimum Gasteiger partial charge on any atom is -0.383 e. The quantitative estimate of drug-likeness (QED) is 0.349. The number of carbonyl (C=O) groups excluding carboxylic acids is 1. The number of rotatable bonds is 9. The molecule has 8 heteroatoms. The summed E-state index contributed by atoms with van der Waals surface area (Å²) in [6, 6.07) is 1.92. The molecule has 0 spiro atoms. The van der Waals surface area contributed by atoms with Gasteiger partial charge in [0, 0.05) is 26.3 Å². The molecule has 130 valence electrons. The summed E-state index contributed by atoms with van der Waals surface area (Å²) in [7, 11) is 1.59. The Bertz CT molecular complexity index is 499. The predicted octanol–water partition coefficient (Wildman–Crippen LogP) is 0.616. The molecule has 1 aromatic heterocycles. The zero-order chi connectivity index (χ0) is 17.1. The lowest BCUT2D eigenvalue weighted by Crippen LogP contribution is -2.38. The van der Waals surface area contributed by atoms with Crippen LogP contribution in [0.1, 0.15) is 38.1 Å². The van der Waals surface area contributed by atoms with Gasteiger partial charge in [-0.3, -0.25) is 4.79 Å². The van der Waals surface area contributed by atoms with Gasteiger partial charge in [0.15, 0.2) is 11.7 Å². The minimum atomic E-state index is -0.152. The Morgan fingerprint density at radius 2 is 2.17 bits per heavy atom. The maximum absolute atomic E-state index is 11.6. The van der Waals surface area contributed by atoms with E-state index >= 15 is 0 Å². The number of amides is 1. The molecule has 3 N–H and O–H groups in total. The summed E-state index contributed by atoms with van der Waals surface area (Å²) >= 11 is 0. The number of hydrogen-bond donors (Lipinski definition) is 3. The van der Waals surface area contributed by atoms with Crippen LogP contribution in [0.15, 0.2) is 15.6 Å². The lowest BCUT2D eigenvalue weighted by molar-refractivity contribution is -0.119. The van der Waals surface area contributed by atoms with Crippen LogP contribution in [0.2, 0.25) is 0 Å². The van der Waals surface area contributed by atoms with Crippen molar-refractivity contribution in [2.24, 2.45) is 4.99 Å². The van der Waals surface area contributed by atoms with E-state index in [0.29, 0.717) is 38.1 Å². The Morgan fingerprint density at radius 3 is 2.78 bits per heavy atom.